The summed E-state index contributed by atoms with van der Waals surface area (Å²) < 4.78 is 1.76. The fourth-order valence-corrected chi connectivity index (χ4v) is 1.35. The molecule has 1 N–H and O–H groups in total. The molecule has 0 spiro atoms. The highest BCUT2D eigenvalue weighted by Crippen LogP contribution is 1.99. The third-order valence-corrected chi connectivity index (χ3v) is 2.25. The van der Waals surface area contributed by atoms with Gasteiger partial charge in [0.05, 0.1) is 4.47 Å². The van der Waals surface area contributed by atoms with Crippen LogP contribution in [0, 0.1) is 12.3 Å². The van der Waals surface area contributed by atoms with Crippen molar-refractivity contribution in [3.8, 4) is 12.3 Å². The lowest BCUT2D eigenvalue weighted by molar-refractivity contribution is 0.612. The third-order valence-electron chi connectivity index (χ3n) is 1.69. The lowest BCUT2D eigenvalue weighted by Gasteiger charge is -2.02. The van der Waals surface area contributed by atoms with Gasteiger partial charge in [0.15, 0.2) is 0 Å². The van der Waals surface area contributed by atoms with Crippen molar-refractivity contribution in [2.24, 2.45) is 0 Å². The molecule has 14 heavy (non-hydrogen) atoms. The normalized spacial score (nSPS) is 9.71. The zero-order valence-electron chi connectivity index (χ0n) is 7.42. The predicted molar refractivity (Wildman–Crippen MR) is 57.1 cm³/mol. The van der Waals surface area contributed by atoms with Gasteiger partial charge in [-0.1, -0.05) is 0 Å². The number of rotatable bonds is 3. The number of terminal acetylenes is 1. The molecular weight excluding hydrogens is 248 g/mol. The monoisotopic (exact) mass is 256 g/mol. The van der Waals surface area contributed by atoms with Gasteiger partial charge in [-0.15, -0.1) is 12.3 Å². The van der Waals surface area contributed by atoms with Gasteiger partial charge >= 0.3 is 5.69 Å². The van der Waals surface area contributed by atoms with Crippen LogP contribution >= 0.6 is 15.9 Å². The zero-order valence-corrected chi connectivity index (χ0v) is 9.00. The van der Waals surface area contributed by atoms with E-state index >= 15 is 0 Å². The van der Waals surface area contributed by atoms with E-state index in [1.165, 1.54) is 10.8 Å². The zero-order chi connectivity index (χ0) is 10.6. The first-order chi connectivity index (χ1) is 6.65. The first-order valence-corrected chi connectivity index (χ1v) is 4.87. The maximum atomic E-state index is 11.2. The largest absolute Gasteiger partial charge is 0.328 e. The number of aromatic amines is 1. The highest BCUT2D eigenvalue weighted by atomic mass is 79.9. The van der Waals surface area contributed by atoms with Gasteiger partial charge in [0, 0.05) is 19.2 Å². The van der Waals surface area contributed by atoms with Crippen LogP contribution in [0.5, 0.6) is 0 Å². The second-order valence-corrected chi connectivity index (χ2v) is 3.59. The van der Waals surface area contributed by atoms with Crippen LogP contribution in [0.4, 0.5) is 0 Å². The van der Waals surface area contributed by atoms with E-state index in [1.807, 2.05) is 0 Å². The van der Waals surface area contributed by atoms with Gasteiger partial charge in [-0.25, -0.2) is 4.79 Å². The highest BCUT2D eigenvalue weighted by molar-refractivity contribution is 9.10. The number of nitrogens with zero attached hydrogens (tertiary/aromatic N) is 1. The SMILES string of the molecule is C#CCCCn1cc(Br)c(=O)[nH]c1=O. The van der Waals surface area contributed by atoms with Crippen molar-refractivity contribution in [3.63, 3.8) is 0 Å². The molecule has 0 saturated heterocycles. The predicted octanol–water partition coefficient (Wildman–Crippen LogP) is 0.712. The summed E-state index contributed by atoms with van der Waals surface area (Å²) in [7, 11) is 0. The number of unbranched alkanes of at least 4 members (excludes halogenated alkanes) is 1. The van der Waals surface area contributed by atoms with E-state index < -0.39 is 11.2 Å². The summed E-state index contributed by atoms with van der Waals surface area (Å²) in [6.07, 6.45) is 7.88. The Morgan fingerprint density at radius 1 is 1.57 bits per heavy atom. The highest BCUT2D eigenvalue weighted by Gasteiger charge is 2.00. The minimum atomic E-state index is -0.414. The van der Waals surface area contributed by atoms with Crippen molar-refractivity contribution >= 4 is 15.9 Å². The minimum Gasteiger partial charge on any atom is -0.299 e. The molecule has 0 fully saturated rings. The number of nitrogens with one attached hydrogen (secondary N) is 1. The Labute approximate surface area is 89.1 Å². The van der Waals surface area contributed by atoms with E-state index in [0.29, 0.717) is 17.4 Å². The Morgan fingerprint density at radius 2 is 2.29 bits per heavy atom. The summed E-state index contributed by atoms with van der Waals surface area (Å²) in [5.74, 6) is 2.48. The summed E-state index contributed by atoms with van der Waals surface area (Å²) in [5.41, 5.74) is -0.821. The number of hydrogen-bond acceptors (Lipinski definition) is 2. The average molecular weight is 257 g/mol. The fourth-order valence-electron chi connectivity index (χ4n) is 1.00. The van der Waals surface area contributed by atoms with Crippen LogP contribution in [0.2, 0.25) is 0 Å². The molecule has 1 heterocycles. The van der Waals surface area contributed by atoms with E-state index in [1.54, 1.807) is 0 Å². The fraction of sp³-hybridized carbons (Fsp3) is 0.333. The molecular formula is C9H9BrN2O2. The van der Waals surface area contributed by atoms with Crippen molar-refractivity contribution in [3.05, 3.63) is 31.5 Å². The van der Waals surface area contributed by atoms with Crippen molar-refractivity contribution < 1.29 is 0 Å². The number of hydrogen-bond donors (Lipinski definition) is 1. The molecule has 5 heteroatoms. The molecule has 0 radical (unpaired) electrons. The molecule has 0 aromatic carbocycles. The van der Waals surface area contributed by atoms with Gasteiger partial charge in [0.2, 0.25) is 0 Å². The Balaban J connectivity index is 2.89. The van der Waals surface area contributed by atoms with Crippen LogP contribution in [-0.4, -0.2) is 9.55 Å². The number of halogens is 1. The smallest absolute Gasteiger partial charge is 0.299 e. The Hall–Kier alpha value is -1.28. The van der Waals surface area contributed by atoms with Gasteiger partial charge in [0.25, 0.3) is 5.56 Å². The van der Waals surface area contributed by atoms with E-state index in [0.717, 1.165) is 6.42 Å². The average Bonchev–Trinajstić information content (AvgIpc) is 2.14. The minimum absolute atomic E-state index is 0.345. The van der Waals surface area contributed by atoms with Crippen LogP contribution in [-0.2, 0) is 6.54 Å². The molecule has 0 bridgehead atoms. The van der Waals surface area contributed by atoms with Crippen LogP contribution < -0.4 is 11.2 Å². The molecule has 0 atom stereocenters. The lowest BCUT2D eigenvalue weighted by atomic mass is 10.3. The molecule has 74 valence electrons. The van der Waals surface area contributed by atoms with Crippen molar-refractivity contribution in [2.45, 2.75) is 19.4 Å². The number of aromatic nitrogens is 2. The van der Waals surface area contributed by atoms with Crippen molar-refractivity contribution in [1.82, 2.24) is 9.55 Å². The molecule has 0 aliphatic heterocycles. The maximum Gasteiger partial charge on any atom is 0.328 e. The first kappa shape index (κ1) is 10.8. The molecule has 0 aliphatic rings. The topological polar surface area (TPSA) is 54.9 Å². The van der Waals surface area contributed by atoms with Gasteiger partial charge in [-0.05, 0) is 22.4 Å². The molecule has 1 aromatic heterocycles. The van der Waals surface area contributed by atoms with Crippen molar-refractivity contribution in [1.29, 1.82) is 0 Å². The van der Waals surface area contributed by atoms with E-state index in [2.05, 4.69) is 26.8 Å². The van der Waals surface area contributed by atoms with E-state index in [-0.39, 0.29) is 0 Å². The summed E-state index contributed by atoms with van der Waals surface area (Å²) >= 11 is 3.05. The molecule has 0 saturated carbocycles. The van der Waals surface area contributed by atoms with Crippen LogP contribution in [0.3, 0.4) is 0 Å². The standard InChI is InChI=1S/C9H9BrN2O2/c1-2-3-4-5-12-6-7(10)8(13)11-9(12)14/h1,6H,3-5H2,(H,11,13,14). The third kappa shape index (κ3) is 2.60. The van der Waals surface area contributed by atoms with Crippen LogP contribution in [0.25, 0.3) is 0 Å². The molecule has 0 aliphatic carbocycles. The lowest BCUT2D eigenvalue weighted by Crippen LogP contribution is -2.29. The molecule has 1 aromatic rings. The Bertz CT molecular complexity index is 467. The van der Waals surface area contributed by atoms with Crippen LogP contribution in [0.1, 0.15) is 12.8 Å². The van der Waals surface area contributed by atoms with Gasteiger partial charge in [-0.3, -0.25) is 14.3 Å². The summed E-state index contributed by atoms with van der Waals surface area (Å²) in [6, 6.07) is 0. The van der Waals surface area contributed by atoms with E-state index in [4.69, 9.17) is 6.42 Å². The first-order valence-electron chi connectivity index (χ1n) is 4.08. The molecule has 4 nitrogen and oxygen atoms in total. The second-order valence-electron chi connectivity index (χ2n) is 2.74. The number of H-pyrrole nitrogens is 1. The Morgan fingerprint density at radius 3 is 2.93 bits per heavy atom. The molecule has 1 rings (SSSR count). The van der Waals surface area contributed by atoms with Crippen LogP contribution in [0.15, 0.2) is 20.3 Å². The Kier molecular flexibility index (Phi) is 3.72. The summed E-state index contributed by atoms with van der Waals surface area (Å²) in [6.45, 7) is 0.512. The quantitative estimate of drug-likeness (QED) is 0.640. The van der Waals surface area contributed by atoms with E-state index in [9.17, 15) is 9.59 Å². The summed E-state index contributed by atoms with van der Waals surface area (Å²) in [5, 5.41) is 0. The van der Waals surface area contributed by atoms with Gasteiger partial charge in [-0.2, -0.15) is 0 Å². The number of aryl methyl sites for hydroxylation is 1. The van der Waals surface area contributed by atoms with Gasteiger partial charge < -0.3 is 0 Å². The van der Waals surface area contributed by atoms with Crippen molar-refractivity contribution in [2.75, 3.05) is 0 Å². The molecule has 0 amide bonds. The second kappa shape index (κ2) is 4.82. The van der Waals surface area contributed by atoms with Gasteiger partial charge in [0.1, 0.15) is 0 Å². The summed E-state index contributed by atoms with van der Waals surface area (Å²) in [4.78, 5) is 24.4. The molecule has 0 unspecified atom stereocenters. The maximum absolute atomic E-state index is 11.2.